The number of rotatable bonds is 5. The number of halogens is 2. The summed E-state index contributed by atoms with van der Waals surface area (Å²) in [7, 11) is 0. The first-order valence-electron chi connectivity index (χ1n) is 6.61. The van der Waals surface area contributed by atoms with Gasteiger partial charge >= 0.3 is 0 Å². The van der Waals surface area contributed by atoms with E-state index in [1.807, 2.05) is 60.3 Å². The van der Waals surface area contributed by atoms with E-state index in [0.29, 0.717) is 24.5 Å². The first-order chi connectivity index (χ1) is 9.65. The number of aryl methyl sites for hydroxylation is 2. The lowest BCUT2D eigenvalue weighted by molar-refractivity contribution is -0.695. The van der Waals surface area contributed by atoms with E-state index in [1.165, 1.54) is 5.56 Å². The molecule has 0 aliphatic carbocycles. The largest absolute Gasteiger partial charge is 1.00 e. The summed E-state index contributed by atoms with van der Waals surface area (Å²) in [4.78, 5) is 11.8. The highest BCUT2D eigenvalue weighted by Gasteiger charge is 2.07. The smallest absolute Gasteiger partial charge is 0.226 e. The van der Waals surface area contributed by atoms with E-state index in [0.717, 1.165) is 5.56 Å². The fourth-order valence-electron chi connectivity index (χ4n) is 1.84. The van der Waals surface area contributed by atoms with Gasteiger partial charge in [0.05, 0.1) is 6.42 Å². The average Bonchev–Trinajstić information content (AvgIpc) is 2.46. The van der Waals surface area contributed by atoms with Gasteiger partial charge < -0.3 is 22.3 Å². The fourth-order valence-corrected chi connectivity index (χ4v) is 2.04. The lowest BCUT2D eigenvalue weighted by Gasteiger charge is -2.06. The molecule has 0 radical (unpaired) electrons. The number of pyridine rings is 1. The van der Waals surface area contributed by atoms with E-state index in [4.69, 9.17) is 11.6 Å². The molecule has 0 unspecified atom stereocenters. The molecule has 0 spiro atoms. The summed E-state index contributed by atoms with van der Waals surface area (Å²) in [6.45, 7) is 3.19. The highest BCUT2D eigenvalue weighted by molar-refractivity contribution is 6.31. The van der Waals surface area contributed by atoms with Crippen LogP contribution in [0.15, 0.2) is 48.8 Å². The van der Waals surface area contributed by atoms with Gasteiger partial charge in [-0.15, -0.1) is 0 Å². The van der Waals surface area contributed by atoms with E-state index < -0.39 is 0 Å². The van der Waals surface area contributed by atoms with Gasteiger partial charge in [0.25, 0.3) is 0 Å². The molecule has 2 aromatic rings. The van der Waals surface area contributed by atoms with Crippen molar-refractivity contribution in [1.82, 2.24) is 5.32 Å². The summed E-state index contributed by atoms with van der Waals surface area (Å²) < 4.78 is 2.00. The van der Waals surface area contributed by atoms with Crippen molar-refractivity contribution in [1.29, 1.82) is 0 Å². The number of amides is 1. The standard InChI is InChI=1S/C16H17ClN2O.BrH/c1-13-6-9-19(10-7-13)11-8-16(20)18-12-14-4-2-3-5-15(14)17;/h2-7,9-10H,8,11-12H2,1H3;1H. The Bertz CT molecular complexity index is 587. The molecule has 0 aliphatic heterocycles. The zero-order chi connectivity index (χ0) is 14.4. The first kappa shape index (κ1) is 17.7. The number of carbonyl (C=O) groups is 1. The van der Waals surface area contributed by atoms with Gasteiger partial charge in [-0.2, -0.15) is 0 Å². The minimum Gasteiger partial charge on any atom is -1.00 e. The summed E-state index contributed by atoms with van der Waals surface area (Å²) in [6, 6.07) is 11.6. The van der Waals surface area contributed by atoms with Crippen molar-refractivity contribution in [3.8, 4) is 0 Å². The molecule has 1 N–H and O–H groups in total. The van der Waals surface area contributed by atoms with Crippen LogP contribution in [0.3, 0.4) is 0 Å². The summed E-state index contributed by atoms with van der Waals surface area (Å²) in [6.07, 6.45) is 4.42. The first-order valence-corrected chi connectivity index (χ1v) is 6.99. The molecule has 0 saturated carbocycles. The molecular weight excluding hydrogens is 352 g/mol. The Kier molecular flexibility index (Phi) is 7.40. The van der Waals surface area contributed by atoms with E-state index in [9.17, 15) is 4.79 Å². The van der Waals surface area contributed by atoms with Crippen LogP contribution in [-0.2, 0) is 17.9 Å². The second-order valence-corrected chi connectivity index (χ2v) is 5.14. The van der Waals surface area contributed by atoms with Crippen molar-refractivity contribution in [3.63, 3.8) is 0 Å². The Balaban J connectivity index is 0.00000220. The van der Waals surface area contributed by atoms with Crippen molar-refractivity contribution in [2.45, 2.75) is 26.4 Å². The Morgan fingerprint density at radius 2 is 1.86 bits per heavy atom. The lowest BCUT2D eigenvalue weighted by atomic mass is 10.2. The Labute approximate surface area is 140 Å². The van der Waals surface area contributed by atoms with Gasteiger partial charge in [0, 0.05) is 23.7 Å². The molecule has 1 aromatic heterocycles. The molecule has 1 aromatic carbocycles. The quantitative estimate of drug-likeness (QED) is 0.718. The van der Waals surface area contributed by atoms with Crippen molar-refractivity contribution in [2.24, 2.45) is 0 Å². The number of carbonyl (C=O) groups excluding carboxylic acids is 1. The van der Waals surface area contributed by atoms with Crippen LogP contribution in [0.4, 0.5) is 0 Å². The third kappa shape index (κ3) is 5.86. The SMILES string of the molecule is Cc1cc[n+](CCC(=O)NCc2ccccc2Cl)cc1.[Br-]. The zero-order valence-corrected chi connectivity index (χ0v) is 14.2. The normalized spacial score (nSPS) is 9.81. The van der Waals surface area contributed by atoms with Crippen LogP contribution >= 0.6 is 11.6 Å². The molecule has 3 nitrogen and oxygen atoms in total. The predicted octanol–water partition coefficient (Wildman–Crippen LogP) is -0.354. The van der Waals surface area contributed by atoms with E-state index in [-0.39, 0.29) is 22.9 Å². The van der Waals surface area contributed by atoms with Crippen LogP contribution in [0.5, 0.6) is 0 Å². The molecule has 0 aliphatic rings. The molecular formula is C16H18BrClN2O. The van der Waals surface area contributed by atoms with Crippen LogP contribution in [-0.4, -0.2) is 5.91 Å². The maximum absolute atomic E-state index is 11.8. The summed E-state index contributed by atoms with van der Waals surface area (Å²) in [5.41, 5.74) is 2.15. The average molecular weight is 370 g/mol. The van der Waals surface area contributed by atoms with Gasteiger partial charge in [0.2, 0.25) is 5.91 Å². The maximum Gasteiger partial charge on any atom is 0.226 e. The van der Waals surface area contributed by atoms with Crippen LogP contribution in [0.2, 0.25) is 5.02 Å². The third-order valence-electron chi connectivity index (χ3n) is 3.09. The highest BCUT2D eigenvalue weighted by atomic mass is 79.9. The number of hydrogen-bond donors (Lipinski definition) is 1. The third-order valence-corrected chi connectivity index (χ3v) is 3.46. The topological polar surface area (TPSA) is 33.0 Å². The van der Waals surface area contributed by atoms with E-state index in [2.05, 4.69) is 5.32 Å². The van der Waals surface area contributed by atoms with Gasteiger partial charge in [-0.25, -0.2) is 4.57 Å². The Morgan fingerprint density at radius 3 is 2.52 bits per heavy atom. The molecule has 1 amide bonds. The maximum atomic E-state index is 11.8. The molecule has 0 saturated heterocycles. The van der Waals surface area contributed by atoms with Gasteiger partial charge in [-0.3, -0.25) is 4.79 Å². The van der Waals surface area contributed by atoms with Crippen LogP contribution < -0.4 is 26.9 Å². The van der Waals surface area contributed by atoms with Gasteiger partial charge in [0.1, 0.15) is 0 Å². The summed E-state index contributed by atoms with van der Waals surface area (Å²) in [5.74, 6) is 0.0259. The molecule has 0 bridgehead atoms. The van der Waals surface area contributed by atoms with Crippen molar-refractivity contribution in [3.05, 3.63) is 64.9 Å². The molecule has 2 rings (SSSR count). The number of aromatic nitrogens is 1. The Morgan fingerprint density at radius 1 is 1.19 bits per heavy atom. The molecule has 0 fully saturated rings. The van der Waals surface area contributed by atoms with Gasteiger partial charge in [-0.05, 0) is 24.1 Å². The number of nitrogens with one attached hydrogen (secondary N) is 1. The van der Waals surface area contributed by atoms with Crippen LogP contribution in [0.25, 0.3) is 0 Å². The summed E-state index contributed by atoms with van der Waals surface area (Å²) >= 11 is 6.04. The second kappa shape index (κ2) is 8.80. The van der Waals surface area contributed by atoms with Crippen molar-refractivity contribution >= 4 is 17.5 Å². The van der Waals surface area contributed by atoms with Crippen LogP contribution in [0.1, 0.15) is 17.5 Å². The minimum atomic E-state index is 0. The highest BCUT2D eigenvalue weighted by Crippen LogP contribution is 2.14. The zero-order valence-electron chi connectivity index (χ0n) is 11.9. The number of nitrogens with zero attached hydrogens (tertiary/aromatic N) is 1. The molecule has 5 heteroatoms. The second-order valence-electron chi connectivity index (χ2n) is 4.73. The van der Waals surface area contributed by atoms with Crippen molar-refractivity contribution in [2.75, 3.05) is 0 Å². The van der Waals surface area contributed by atoms with Crippen molar-refractivity contribution < 1.29 is 26.3 Å². The fraction of sp³-hybridized carbons (Fsp3) is 0.250. The molecule has 0 atom stereocenters. The minimum absolute atomic E-state index is 0. The molecule has 21 heavy (non-hydrogen) atoms. The van der Waals surface area contributed by atoms with E-state index >= 15 is 0 Å². The van der Waals surface area contributed by atoms with E-state index in [1.54, 1.807) is 0 Å². The monoisotopic (exact) mass is 368 g/mol. The molecule has 112 valence electrons. The van der Waals surface area contributed by atoms with Gasteiger partial charge in [-0.1, -0.05) is 29.8 Å². The lowest BCUT2D eigenvalue weighted by Crippen LogP contribution is -3.00. The summed E-state index contributed by atoms with van der Waals surface area (Å²) in [5, 5.41) is 3.57. The number of hydrogen-bond acceptors (Lipinski definition) is 1. The number of benzene rings is 1. The predicted molar refractivity (Wildman–Crippen MR) is 79.3 cm³/mol. The molecule has 1 heterocycles. The van der Waals surface area contributed by atoms with Gasteiger partial charge in [0.15, 0.2) is 18.9 Å². The Hall–Kier alpha value is -1.39. The van der Waals surface area contributed by atoms with Crippen LogP contribution in [0, 0.1) is 6.92 Å².